The molecule has 0 aromatic heterocycles. The Morgan fingerprint density at radius 1 is 1.12 bits per heavy atom. The largest absolute Gasteiger partial charge is 0.496 e. The fraction of sp³-hybridized carbons (Fsp3) is 0.263. The number of nitrogens with zero attached hydrogens (tertiary/aromatic N) is 3. The Bertz CT molecular complexity index is 887. The number of amidine groups is 1. The van der Waals surface area contributed by atoms with Gasteiger partial charge in [0, 0.05) is 18.0 Å². The van der Waals surface area contributed by atoms with Gasteiger partial charge in [-0.05, 0) is 49.7 Å². The summed E-state index contributed by atoms with van der Waals surface area (Å²) in [5.41, 5.74) is 1.75. The summed E-state index contributed by atoms with van der Waals surface area (Å²) < 4.78 is 17.6. The Balaban J connectivity index is 1.84. The minimum absolute atomic E-state index is 0.298. The summed E-state index contributed by atoms with van der Waals surface area (Å²) in [4.78, 5) is 11.0. The van der Waals surface area contributed by atoms with Crippen LogP contribution in [0.4, 0.5) is 5.69 Å². The number of hydrogen-bond acceptors (Lipinski definition) is 6. The summed E-state index contributed by atoms with van der Waals surface area (Å²) in [6.07, 6.45) is 1.45. The molecule has 1 N–H and O–H groups in total. The predicted molar refractivity (Wildman–Crippen MR) is 109 cm³/mol. The number of benzene rings is 2. The molecule has 1 atom stereocenters. The van der Waals surface area contributed by atoms with Crippen molar-refractivity contribution in [1.29, 1.82) is 0 Å². The lowest BCUT2D eigenvalue weighted by atomic mass is 10.2. The maximum absolute atomic E-state index is 12.2. The fourth-order valence-electron chi connectivity index (χ4n) is 2.62. The maximum Gasteiger partial charge on any atom is 0.199 e. The zero-order chi connectivity index (χ0) is 18.7. The molecule has 1 aliphatic rings. The quantitative estimate of drug-likeness (QED) is 0.822. The van der Waals surface area contributed by atoms with Gasteiger partial charge in [0.1, 0.15) is 12.9 Å². The van der Waals surface area contributed by atoms with Gasteiger partial charge in [-0.3, -0.25) is 0 Å². The van der Waals surface area contributed by atoms with Crippen LogP contribution in [-0.2, 0) is 4.57 Å². The maximum atomic E-state index is 12.2. The van der Waals surface area contributed by atoms with E-state index in [0.717, 1.165) is 22.3 Å². The normalized spacial score (nSPS) is 17.0. The molecule has 0 aliphatic carbocycles. The van der Waals surface area contributed by atoms with Crippen molar-refractivity contribution >= 4 is 30.3 Å². The van der Waals surface area contributed by atoms with Crippen LogP contribution in [-0.4, -0.2) is 50.9 Å². The van der Waals surface area contributed by atoms with E-state index in [1.807, 2.05) is 60.5 Å². The van der Waals surface area contributed by atoms with E-state index in [4.69, 9.17) is 9.73 Å². The highest BCUT2D eigenvalue weighted by Gasteiger charge is 2.19. The van der Waals surface area contributed by atoms with Gasteiger partial charge < -0.3 is 19.5 Å². The second kappa shape index (κ2) is 7.34. The second-order valence-corrected chi connectivity index (χ2v) is 9.70. The molecule has 3 rings (SSSR count). The van der Waals surface area contributed by atoms with Crippen molar-refractivity contribution < 1.29 is 9.30 Å². The van der Waals surface area contributed by atoms with Gasteiger partial charge in [0.05, 0.1) is 19.0 Å². The number of ether oxygens (including phenoxy) is 1. The third kappa shape index (κ3) is 3.97. The summed E-state index contributed by atoms with van der Waals surface area (Å²) in [5.74, 6) is 1.35. The van der Waals surface area contributed by atoms with Crippen LogP contribution in [0.5, 0.6) is 5.75 Å². The molecule has 1 aliphatic heterocycles. The average molecular weight is 370 g/mol. The van der Waals surface area contributed by atoms with Gasteiger partial charge >= 0.3 is 0 Å². The van der Waals surface area contributed by atoms with Gasteiger partial charge in [0.25, 0.3) is 0 Å². The second-order valence-electron chi connectivity index (χ2n) is 6.48. The van der Waals surface area contributed by atoms with Crippen LogP contribution in [0.3, 0.4) is 0 Å². The SMILES string of the molecule is COc1ccccc1C1=NC(Nc2ccc(P(C)(C)=O)cc2)N(C)C=N1. The minimum Gasteiger partial charge on any atom is -0.496 e. The van der Waals surface area contributed by atoms with Gasteiger partial charge in [0.15, 0.2) is 12.1 Å². The van der Waals surface area contributed by atoms with Crippen molar-refractivity contribution in [2.45, 2.75) is 6.29 Å². The predicted octanol–water partition coefficient (Wildman–Crippen LogP) is 3.06. The number of para-hydroxylation sites is 1. The number of anilines is 1. The standard InChI is InChI=1S/C19H23N4O2P/c1-23-13-20-18(16-7-5-6-8-17(16)25-2)22-19(23)21-14-9-11-15(12-10-14)26(3,4)24/h5-13,19,21H,1-4H3. The van der Waals surface area contributed by atoms with Crippen LogP contribution in [0.25, 0.3) is 0 Å². The molecule has 2 aromatic rings. The Kier molecular flexibility index (Phi) is 5.14. The number of nitrogens with one attached hydrogen (secondary N) is 1. The molecule has 0 bridgehead atoms. The van der Waals surface area contributed by atoms with Gasteiger partial charge in [-0.25, -0.2) is 9.98 Å². The first-order valence-corrected chi connectivity index (χ1v) is 10.9. The highest BCUT2D eigenvalue weighted by atomic mass is 31.2. The molecule has 1 heterocycles. The van der Waals surface area contributed by atoms with Crippen molar-refractivity contribution in [1.82, 2.24) is 4.90 Å². The van der Waals surface area contributed by atoms with Crippen molar-refractivity contribution in [3.63, 3.8) is 0 Å². The molecule has 136 valence electrons. The Morgan fingerprint density at radius 2 is 1.81 bits per heavy atom. The molecule has 0 saturated carbocycles. The van der Waals surface area contributed by atoms with Crippen molar-refractivity contribution in [2.75, 3.05) is 32.8 Å². The molecule has 6 nitrogen and oxygen atoms in total. The lowest BCUT2D eigenvalue weighted by Gasteiger charge is -2.28. The lowest BCUT2D eigenvalue weighted by molar-refractivity contribution is 0.410. The zero-order valence-corrected chi connectivity index (χ0v) is 16.3. The summed E-state index contributed by atoms with van der Waals surface area (Å²) >= 11 is 0. The van der Waals surface area contributed by atoms with Crippen molar-refractivity contribution in [2.24, 2.45) is 9.98 Å². The van der Waals surface area contributed by atoms with Crippen LogP contribution in [0, 0.1) is 0 Å². The van der Waals surface area contributed by atoms with Gasteiger partial charge in [-0.2, -0.15) is 0 Å². The smallest absolute Gasteiger partial charge is 0.199 e. The first-order chi connectivity index (χ1) is 12.4. The number of methoxy groups -OCH3 is 1. The minimum atomic E-state index is -2.25. The molecule has 0 amide bonds. The van der Waals surface area contributed by atoms with Gasteiger partial charge in [-0.15, -0.1) is 0 Å². The van der Waals surface area contributed by atoms with E-state index >= 15 is 0 Å². The molecule has 2 aromatic carbocycles. The van der Waals surface area contributed by atoms with E-state index in [1.54, 1.807) is 26.8 Å². The number of rotatable bonds is 5. The molecule has 0 saturated heterocycles. The average Bonchev–Trinajstić information content (AvgIpc) is 2.63. The molecular formula is C19H23N4O2P. The van der Waals surface area contributed by atoms with E-state index in [0.29, 0.717) is 5.84 Å². The molecule has 0 radical (unpaired) electrons. The summed E-state index contributed by atoms with van der Waals surface area (Å²) in [7, 11) is 1.29. The highest BCUT2D eigenvalue weighted by Crippen LogP contribution is 2.34. The molecule has 1 unspecified atom stereocenters. The van der Waals surface area contributed by atoms with Crippen LogP contribution in [0.15, 0.2) is 58.5 Å². The van der Waals surface area contributed by atoms with E-state index in [-0.39, 0.29) is 6.29 Å². The zero-order valence-electron chi connectivity index (χ0n) is 15.4. The molecule has 0 spiro atoms. The highest BCUT2D eigenvalue weighted by molar-refractivity contribution is 7.70. The van der Waals surface area contributed by atoms with Gasteiger partial charge in [-0.1, -0.05) is 12.1 Å². The summed E-state index contributed by atoms with van der Waals surface area (Å²) in [6.45, 7) is 3.54. The number of hydrogen-bond donors (Lipinski definition) is 1. The van der Waals surface area contributed by atoms with E-state index in [9.17, 15) is 4.57 Å². The fourth-order valence-corrected chi connectivity index (χ4v) is 3.48. The Hall–Kier alpha value is -2.59. The topological polar surface area (TPSA) is 66.3 Å². The molecule has 7 heteroatoms. The van der Waals surface area contributed by atoms with Crippen molar-refractivity contribution in [3.8, 4) is 5.75 Å². The first kappa shape index (κ1) is 18.2. The summed E-state index contributed by atoms with van der Waals surface area (Å²) in [6, 6.07) is 15.3. The molecule has 0 fully saturated rings. The molecular weight excluding hydrogens is 347 g/mol. The third-order valence-electron chi connectivity index (χ3n) is 4.13. The van der Waals surface area contributed by atoms with Crippen LogP contribution in [0.2, 0.25) is 0 Å². The van der Waals surface area contributed by atoms with E-state index < -0.39 is 7.14 Å². The van der Waals surface area contributed by atoms with E-state index in [1.165, 1.54) is 0 Å². The summed E-state index contributed by atoms with van der Waals surface area (Å²) in [5, 5.41) is 4.22. The lowest BCUT2D eigenvalue weighted by Crippen LogP contribution is -2.39. The monoisotopic (exact) mass is 370 g/mol. The molecule has 26 heavy (non-hydrogen) atoms. The van der Waals surface area contributed by atoms with Crippen LogP contribution >= 0.6 is 7.14 Å². The van der Waals surface area contributed by atoms with Crippen LogP contribution < -0.4 is 15.4 Å². The van der Waals surface area contributed by atoms with Gasteiger partial charge in [0.2, 0.25) is 0 Å². The van der Waals surface area contributed by atoms with Crippen LogP contribution in [0.1, 0.15) is 5.56 Å². The number of aliphatic imine (C=N–C) groups is 2. The van der Waals surface area contributed by atoms with Crippen molar-refractivity contribution in [3.05, 3.63) is 54.1 Å². The van der Waals surface area contributed by atoms with E-state index in [2.05, 4.69) is 10.3 Å². The Morgan fingerprint density at radius 3 is 2.46 bits per heavy atom. The Labute approximate surface area is 154 Å². The first-order valence-electron chi connectivity index (χ1n) is 8.28. The third-order valence-corrected chi connectivity index (χ3v) is 5.67.